The Bertz CT molecular complexity index is 149. The SMILES string of the molecule is CCS(CC)=P(O)(O)[S][Hg]. The summed E-state index contributed by atoms with van der Waals surface area (Å²) in [6, 6.07) is 0. The van der Waals surface area contributed by atoms with Gasteiger partial charge in [0.1, 0.15) is 0 Å². The van der Waals surface area contributed by atoms with E-state index in [4.69, 9.17) is 0 Å². The fraction of sp³-hybridized carbons (Fsp3) is 1.00. The Labute approximate surface area is 82.7 Å². The predicted molar refractivity (Wildman–Crippen MR) is 47.4 cm³/mol. The van der Waals surface area contributed by atoms with Gasteiger partial charge in [0.25, 0.3) is 0 Å². The van der Waals surface area contributed by atoms with Gasteiger partial charge in [-0.25, -0.2) is 0 Å². The molecule has 2 nitrogen and oxygen atoms in total. The molecular formula is C4H12HgO2PS2. The van der Waals surface area contributed by atoms with E-state index in [0.29, 0.717) is 24.6 Å². The molecule has 0 unspecified atom stereocenters. The van der Waals surface area contributed by atoms with Crippen molar-refractivity contribution in [3.8, 4) is 0 Å². The van der Waals surface area contributed by atoms with Gasteiger partial charge in [0.15, 0.2) is 0 Å². The Morgan fingerprint density at radius 1 is 1.40 bits per heavy atom. The summed E-state index contributed by atoms with van der Waals surface area (Å²) >= 11 is 0.453. The Kier molecular flexibility index (Phi) is 6.71. The first-order valence-electron chi connectivity index (χ1n) is 3.05. The molecule has 0 rings (SSSR count). The predicted octanol–water partition coefficient (Wildman–Crippen LogP) is 1.50. The van der Waals surface area contributed by atoms with Gasteiger partial charge >= 0.3 is 83.4 Å². The molecule has 0 bridgehead atoms. The molecule has 0 aliphatic rings. The Hall–Kier alpha value is 1.99. The van der Waals surface area contributed by atoms with Crippen LogP contribution in [0.15, 0.2) is 0 Å². The van der Waals surface area contributed by atoms with E-state index in [1.807, 2.05) is 13.8 Å². The van der Waals surface area contributed by atoms with Gasteiger partial charge in [0, 0.05) is 0 Å². The fourth-order valence-electron chi connectivity index (χ4n) is 0.615. The molecule has 0 aromatic heterocycles. The minimum absolute atomic E-state index is 0.115. The molecule has 0 amide bonds. The summed E-state index contributed by atoms with van der Waals surface area (Å²) in [5, 5.41) is 0. The second-order valence-corrected chi connectivity index (χ2v) is 20.1. The van der Waals surface area contributed by atoms with Crippen molar-refractivity contribution in [1.29, 1.82) is 0 Å². The molecule has 0 saturated heterocycles. The molecule has 2 N–H and O–H groups in total. The molecule has 0 fully saturated rings. The molecule has 10 heavy (non-hydrogen) atoms. The topological polar surface area (TPSA) is 40.5 Å². The maximum atomic E-state index is 9.47. The Morgan fingerprint density at radius 2 is 1.80 bits per heavy atom. The van der Waals surface area contributed by atoms with Crippen LogP contribution in [0.1, 0.15) is 13.8 Å². The van der Waals surface area contributed by atoms with E-state index in [1.54, 1.807) is 0 Å². The zero-order chi connectivity index (χ0) is 8.20. The van der Waals surface area contributed by atoms with Gasteiger partial charge in [-0.15, -0.1) is 0 Å². The van der Waals surface area contributed by atoms with Crippen molar-refractivity contribution in [3.05, 3.63) is 0 Å². The first-order chi connectivity index (χ1) is 4.58. The first-order valence-corrected chi connectivity index (χ1v) is 15.2. The van der Waals surface area contributed by atoms with Crippen LogP contribution in [0.2, 0.25) is 0 Å². The van der Waals surface area contributed by atoms with E-state index < -0.39 is 5.69 Å². The van der Waals surface area contributed by atoms with Crippen molar-refractivity contribution in [2.75, 3.05) is 11.5 Å². The molecule has 6 heteroatoms. The van der Waals surface area contributed by atoms with Crippen LogP contribution in [-0.4, -0.2) is 21.3 Å². The molecule has 0 saturated carbocycles. The first kappa shape index (κ1) is 12.0. The fourth-order valence-corrected chi connectivity index (χ4v) is 23.2. The van der Waals surface area contributed by atoms with E-state index in [9.17, 15) is 9.79 Å². The third kappa shape index (κ3) is 3.59. The van der Waals surface area contributed by atoms with E-state index in [2.05, 4.69) is 0 Å². The van der Waals surface area contributed by atoms with Crippen LogP contribution in [0.4, 0.5) is 0 Å². The molecule has 0 atom stereocenters. The molecule has 0 aromatic rings. The molecule has 0 radical (unpaired) electrons. The van der Waals surface area contributed by atoms with Crippen LogP contribution < -0.4 is 0 Å². The summed E-state index contributed by atoms with van der Waals surface area (Å²) in [6.07, 6.45) is 0. The van der Waals surface area contributed by atoms with E-state index in [1.165, 1.54) is 7.86 Å². The normalized spacial score (nSPS) is 12.7. The molecule has 0 spiro atoms. The Balaban J connectivity index is 4.55. The van der Waals surface area contributed by atoms with Gasteiger partial charge in [-0.05, 0) is 0 Å². The van der Waals surface area contributed by atoms with Gasteiger partial charge in [-0.2, -0.15) is 0 Å². The number of hydrogen-bond acceptors (Lipinski definition) is 1. The van der Waals surface area contributed by atoms with Crippen LogP contribution in [0, 0.1) is 0 Å². The quantitative estimate of drug-likeness (QED) is 0.569. The molecular weight excluding hydrogens is 376 g/mol. The summed E-state index contributed by atoms with van der Waals surface area (Å²) < 4.78 is 0. The van der Waals surface area contributed by atoms with E-state index in [-0.39, 0.29) is 10.1 Å². The van der Waals surface area contributed by atoms with E-state index >= 15 is 0 Å². The van der Waals surface area contributed by atoms with Gasteiger partial charge in [0.05, 0.1) is 0 Å². The second-order valence-electron chi connectivity index (χ2n) is 1.66. The molecule has 0 aromatic carbocycles. The average molecular weight is 388 g/mol. The van der Waals surface area contributed by atoms with Crippen LogP contribution >= 0.6 is 13.6 Å². The average Bonchev–Trinajstić information content (AvgIpc) is 1.90. The van der Waals surface area contributed by atoms with Crippen molar-refractivity contribution in [2.24, 2.45) is 0 Å². The zero-order valence-corrected chi connectivity index (χ0v) is 14.3. The van der Waals surface area contributed by atoms with Crippen LogP contribution in [0.5, 0.6) is 0 Å². The van der Waals surface area contributed by atoms with Gasteiger partial charge in [-0.3, -0.25) is 0 Å². The monoisotopic (exact) mass is 389 g/mol. The molecule has 0 aliphatic heterocycles. The zero-order valence-electron chi connectivity index (χ0n) is 6.28. The Morgan fingerprint density at radius 3 is 1.90 bits per heavy atom. The standard InChI is InChI=1S/C4H12O2PS2.Hg/c1-3-9(4-2)7(5,6)8;/h3-4H2,1-2H3,(H2-,5,6,8);/q-1;+1. The molecule has 0 aliphatic carbocycles. The molecule has 0 heterocycles. The second kappa shape index (κ2) is 5.60. The minimum atomic E-state index is -2.50. The summed E-state index contributed by atoms with van der Waals surface area (Å²) in [6.45, 7) is 4.05. The number of rotatable bonds is 3. The number of hydrogen-bond donors (Lipinski definition) is 2. The van der Waals surface area contributed by atoms with Crippen molar-refractivity contribution in [3.63, 3.8) is 0 Å². The summed E-state index contributed by atoms with van der Waals surface area (Å²) in [5.41, 5.74) is -2.50. The third-order valence-corrected chi connectivity index (χ3v) is 30.1. The van der Waals surface area contributed by atoms with Gasteiger partial charge in [0.2, 0.25) is 0 Å². The van der Waals surface area contributed by atoms with Gasteiger partial charge < -0.3 is 0 Å². The van der Waals surface area contributed by atoms with Gasteiger partial charge in [-0.1, -0.05) is 0 Å². The summed E-state index contributed by atoms with van der Waals surface area (Å²) in [5.74, 6) is 1.84. The van der Waals surface area contributed by atoms with Crippen molar-refractivity contribution < 1.29 is 34.4 Å². The molecule has 59 valence electrons. The van der Waals surface area contributed by atoms with Crippen LogP contribution in [-0.2, 0) is 34.7 Å². The van der Waals surface area contributed by atoms with Crippen LogP contribution in [0.3, 0.4) is 0 Å². The van der Waals surface area contributed by atoms with E-state index in [0.717, 1.165) is 11.5 Å². The van der Waals surface area contributed by atoms with Crippen molar-refractivity contribution in [2.45, 2.75) is 13.8 Å². The van der Waals surface area contributed by atoms with Crippen molar-refractivity contribution in [1.82, 2.24) is 0 Å². The summed E-state index contributed by atoms with van der Waals surface area (Å²) in [4.78, 5) is 18.9. The third-order valence-electron chi connectivity index (χ3n) is 1.17. The van der Waals surface area contributed by atoms with Crippen molar-refractivity contribution >= 4 is 23.6 Å². The van der Waals surface area contributed by atoms with Crippen LogP contribution in [0.25, 0.3) is 0 Å². The summed E-state index contributed by atoms with van der Waals surface area (Å²) in [7, 11) is 1.30. The maximum absolute atomic E-state index is 9.47.